The van der Waals surface area contributed by atoms with Crippen LogP contribution in [-0.4, -0.2) is 37.2 Å². The van der Waals surface area contributed by atoms with E-state index >= 15 is 0 Å². The molecule has 0 spiro atoms. The highest BCUT2D eigenvalue weighted by Crippen LogP contribution is 2.55. The summed E-state index contributed by atoms with van der Waals surface area (Å²) in [5.41, 5.74) is -1.26. The second-order valence-electron chi connectivity index (χ2n) is 7.96. The normalized spacial score (nSPS) is 17.9. The fourth-order valence-electron chi connectivity index (χ4n) is 2.98. The number of hydrogen-bond acceptors (Lipinski definition) is 3. The molecule has 1 aliphatic heterocycles. The minimum absolute atomic E-state index is 0.0927. The SMILES string of the molecule is CC(C)CCC1(CCC(F)(F)C(F)(F)C(F)(F)C(F)(F)F)COc2cscc2OC1. The largest absolute Gasteiger partial charge is 0.488 e. The van der Waals surface area contributed by atoms with Gasteiger partial charge in [0.1, 0.15) is 0 Å². The minimum atomic E-state index is -6.88. The molecule has 0 aliphatic carbocycles. The van der Waals surface area contributed by atoms with Crippen LogP contribution in [0.2, 0.25) is 0 Å². The zero-order valence-corrected chi connectivity index (χ0v) is 16.9. The summed E-state index contributed by atoms with van der Waals surface area (Å²) in [6.07, 6.45) is -8.86. The lowest BCUT2D eigenvalue weighted by Crippen LogP contribution is -2.61. The lowest BCUT2D eigenvalue weighted by atomic mass is 9.77. The highest BCUT2D eigenvalue weighted by Gasteiger charge is 2.81. The van der Waals surface area contributed by atoms with Crippen LogP contribution in [-0.2, 0) is 0 Å². The molecule has 30 heavy (non-hydrogen) atoms. The van der Waals surface area contributed by atoms with Gasteiger partial charge in [0.2, 0.25) is 0 Å². The Bertz CT molecular complexity index is 690. The molecule has 0 radical (unpaired) electrons. The van der Waals surface area contributed by atoms with Crippen molar-refractivity contribution in [2.45, 2.75) is 63.5 Å². The Morgan fingerprint density at radius 2 is 1.37 bits per heavy atom. The Kier molecular flexibility index (Phi) is 6.91. The van der Waals surface area contributed by atoms with Crippen molar-refractivity contribution >= 4 is 11.3 Å². The number of rotatable bonds is 8. The van der Waals surface area contributed by atoms with Crippen LogP contribution in [0.15, 0.2) is 10.8 Å². The molecule has 0 amide bonds. The van der Waals surface area contributed by atoms with Crippen molar-refractivity contribution in [1.29, 1.82) is 0 Å². The van der Waals surface area contributed by atoms with E-state index < -0.39 is 42.2 Å². The summed E-state index contributed by atoms with van der Waals surface area (Å²) in [4.78, 5) is 0. The molecular weight excluding hydrogens is 451 g/mol. The van der Waals surface area contributed by atoms with Crippen molar-refractivity contribution in [2.24, 2.45) is 11.3 Å². The zero-order chi connectivity index (χ0) is 23.0. The summed E-state index contributed by atoms with van der Waals surface area (Å²) in [6.45, 7) is 3.21. The smallest absolute Gasteiger partial charge is 0.460 e. The van der Waals surface area contributed by atoms with Crippen LogP contribution in [0.3, 0.4) is 0 Å². The molecule has 2 rings (SSSR count). The van der Waals surface area contributed by atoms with Gasteiger partial charge in [-0.1, -0.05) is 20.3 Å². The van der Waals surface area contributed by atoms with Gasteiger partial charge in [-0.25, -0.2) is 0 Å². The van der Waals surface area contributed by atoms with Gasteiger partial charge >= 0.3 is 23.9 Å². The summed E-state index contributed by atoms with van der Waals surface area (Å²) in [6, 6.07) is 0. The van der Waals surface area contributed by atoms with Gasteiger partial charge in [0.25, 0.3) is 0 Å². The van der Waals surface area contributed by atoms with Gasteiger partial charge in [-0.3, -0.25) is 0 Å². The van der Waals surface area contributed by atoms with E-state index in [1.54, 1.807) is 10.8 Å². The summed E-state index contributed by atoms with van der Waals surface area (Å²) in [5.74, 6) is -18.3. The van der Waals surface area contributed by atoms with E-state index in [0.29, 0.717) is 17.9 Å². The predicted molar refractivity (Wildman–Crippen MR) is 91.9 cm³/mol. The first-order valence-electron chi connectivity index (χ1n) is 9.07. The second-order valence-corrected chi connectivity index (χ2v) is 8.70. The number of fused-ring (bicyclic) bond motifs is 1. The summed E-state index contributed by atoms with van der Waals surface area (Å²) >= 11 is 1.25. The number of ether oxygens (including phenoxy) is 2. The van der Waals surface area contributed by atoms with Gasteiger partial charge in [0.05, 0.1) is 13.2 Å². The predicted octanol–water partition coefficient (Wildman–Crippen LogP) is 7.19. The van der Waals surface area contributed by atoms with Gasteiger partial charge < -0.3 is 9.47 Å². The average Bonchev–Trinajstić information content (AvgIpc) is 2.99. The Labute approximate surface area is 171 Å². The van der Waals surface area contributed by atoms with E-state index in [4.69, 9.17) is 9.47 Å². The molecule has 1 aliphatic rings. The van der Waals surface area contributed by atoms with E-state index in [2.05, 4.69) is 0 Å². The van der Waals surface area contributed by atoms with Crippen molar-refractivity contribution in [3.63, 3.8) is 0 Å². The first-order valence-corrected chi connectivity index (χ1v) is 10.0. The molecule has 0 aromatic carbocycles. The van der Waals surface area contributed by atoms with Crippen molar-refractivity contribution in [1.82, 2.24) is 0 Å². The highest BCUT2D eigenvalue weighted by atomic mass is 32.1. The van der Waals surface area contributed by atoms with Crippen LogP contribution >= 0.6 is 11.3 Å². The third-order valence-electron chi connectivity index (χ3n) is 5.09. The lowest BCUT2D eigenvalue weighted by molar-refractivity contribution is -0.397. The maximum Gasteiger partial charge on any atom is 0.460 e. The Balaban J connectivity index is 2.22. The van der Waals surface area contributed by atoms with Crippen LogP contribution in [0.5, 0.6) is 11.5 Å². The molecule has 0 unspecified atom stereocenters. The molecule has 174 valence electrons. The Morgan fingerprint density at radius 3 is 1.80 bits per heavy atom. The maximum absolute atomic E-state index is 14.0. The highest BCUT2D eigenvalue weighted by molar-refractivity contribution is 7.08. The maximum atomic E-state index is 14.0. The summed E-state index contributed by atoms with van der Waals surface area (Å²) in [7, 11) is 0. The van der Waals surface area contributed by atoms with E-state index in [1.807, 2.05) is 13.8 Å². The van der Waals surface area contributed by atoms with Crippen LogP contribution < -0.4 is 9.47 Å². The molecular formula is C18H21F9O2S. The molecule has 0 N–H and O–H groups in total. The summed E-state index contributed by atoms with van der Waals surface area (Å²) in [5, 5.41) is 3.17. The molecule has 2 nitrogen and oxygen atoms in total. The molecule has 1 aromatic rings. The Morgan fingerprint density at radius 1 is 0.867 bits per heavy atom. The monoisotopic (exact) mass is 472 g/mol. The average molecular weight is 472 g/mol. The molecule has 0 bridgehead atoms. The quantitative estimate of drug-likeness (QED) is 0.373. The first kappa shape index (κ1) is 24.9. The van der Waals surface area contributed by atoms with Gasteiger partial charge in [0.15, 0.2) is 11.5 Å². The standard InChI is InChI=1S/C18H21F9O2S/c1-11(2)3-4-14(9-28-12-7-30-8-13(12)29-10-14)5-6-15(19,20)16(21,22)17(23,24)18(25,26)27/h7-8,11H,3-6,9-10H2,1-2H3. The minimum Gasteiger partial charge on any atom is -0.488 e. The molecule has 0 atom stereocenters. The third-order valence-corrected chi connectivity index (χ3v) is 5.79. The van der Waals surface area contributed by atoms with Gasteiger partial charge in [-0.2, -0.15) is 39.5 Å². The van der Waals surface area contributed by atoms with E-state index in [-0.39, 0.29) is 25.6 Å². The number of hydrogen-bond donors (Lipinski definition) is 0. The van der Waals surface area contributed by atoms with Gasteiger partial charge in [0, 0.05) is 22.6 Å². The van der Waals surface area contributed by atoms with Crippen molar-refractivity contribution < 1.29 is 49.0 Å². The van der Waals surface area contributed by atoms with Crippen LogP contribution in [0.4, 0.5) is 39.5 Å². The van der Waals surface area contributed by atoms with Crippen LogP contribution in [0.25, 0.3) is 0 Å². The molecule has 12 heteroatoms. The third kappa shape index (κ3) is 4.77. The second kappa shape index (κ2) is 8.31. The molecule has 0 fully saturated rings. The van der Waals surface area contributed by atoms with E-state index in [0.717, 1.165) is 0 Å². The van der Waals surface area contributed by atoms with Gasteiger partial charge in [-0.05, 0) is 18.8 Å². The van der Waals surface area contributed by atoms with Crippen molar-refractivity contribution in [3.8, 4) is 11.5 Å². The van der Waals surface area contributed by atoms with Crippen LogP contribution in [0, 0.1) is 11.3 Å². The fraction of sp³-hybridized carbons (Fsp3) is 0.778. The van der Waals surface area contributed by atoms with E-state index in [1.165, 1.54) is 11.3 Å². The summed E-state index contributed by atoms with van der Waals surface area (Å²) < 4.78 is 130. The van der Waals surface area contributed by atoms with Crippen molar-refractivity contribution in [2.75, 3.05) is 13.2 Å². The molecule has 1 aromatic heterocycles. The Hall–Kier alpha value is -1.33. The number of thiophene rings is 1. The van der Waals surface area contributed by atoms with Crippen LogP contribution in [0.1, 0.15) is 39.5 Å². The topological polar surface area (TPSA) is 18.5 Å². The number of halogens is 9. The first-order chi connectivity index (χ1) is 13.5. The fourth-order valence-corrected chi connectivity index (χ4v) is 3.67. The van der Waals surface area contributed by atoms with Crippen molar-refractivity contribution in [3.05, 3.63) is 10.8 Å². The van der Waals surface area contributed by atoms with E-state index in [9.17, 15) is 39.5 Å². The lowest BCUT2D eigenvalue weighted by Gasteiger charge is -2.37. The molecule has 0 saturated carbocycles. The van der Waals surface area contributed by atoms with Gasteiger partial charge in [-0.15, -0.1) is 11.3 Å². The molecule has 2 heterocycles. The number of alkyl halides is 9. The zero-order valence-electron chi connectivity index (χ0n) is 16.1. The molecule has 0 saturated heterocycles.